The minimum atomic E-state index is 0. The summed E-state index contributed by atoms with van der Waals surface area (Å²) in [4.78, 5) is 0. The van der Waals surface area contributed by atoms with Crippen LogP contribution in [0.1, 0.15) is 24.4 Å². The summed E-state index contributed by atoms with van der Waals surface area (Å²) in [7, 11) is 0. The number of nitrogens with one attached hydrogen (secondary N) is 1. The SMILES string of the molecule is Cl.c1cc2c(cc1[C@H]1CCCN1)OCO2. The first-order chi connectivity index (χ1) is 6.93. The first-order valence-corrected chi connectivity index (χ1v) is 5.06. The Labute approximate surface area is 95.2 Å². The molecular formula is C11H14ClNO2. The molecule has 0 amide bonds. The molecule has 2 heterocycles. The van der Waals surface area contributed by atoms with E-state index in [1.54, 1.807) is 0 Å². The first-order valence-electron chi connectivity index (χ1n) is 5.06. The van der Waals surface area contributed by atoms with Crippen LogP contribution in [0.15, 0.2) is 18.2 Å². The fraction of sp³-hybridized carbons (Fsp3) is 0.455. The van der Waals surface area contributed by atoms with Gasteiger partial charge in [-0.2, -0.15) is 0 Å². The van der Waals surface area contributed by atoms with Gasteiger partial charge >= 0.3 is 0 Å². The van der Waals surface area contributed by atoms with Crippen molar-refractivity contribution < 1.29 is 9.47 Å². The molecule has 3 rings (SSSR count). The van der Waals surface area contributed by atoms with Gasteiger partial charge in [-0.05, 0) is 37.1 Å². The van der Waals surface area contributed by atoms with E-state index in [1.807, 2.05) is 6.07 Å². The predicted octanol–water partition coefficient (Wildman–Crippen LogP) is 2.26. The van der Waals surface area contributed by atoms with Gasteiger partial charge in [-0.3, -0.25) is 0 Å². The summed E-state index contributed by atoms with van der Waals surface area (Å²) in [6, 6.07) is 6.71. The molecule has 1 atom stereocenters. The lowest BCUT2D eigenvalue weighted by Crippen LogP contribution is -2.12. The van der Waals surface area contributed by atoms with Gasteiger partial charge in [-0.25, -0.2) is 0 Å². The van der Waals surface area contributed by atoms with Crippen LogP contribution in [0, 0.1) is 0 Å². The molecule has 0 saturated carbocycles. The van der Waals surface area contributed by atoms with Gasteiger partial charge in [0.1, 0.15) is 0 Å². The van der Waals surface area contributed by atoms with Gasteiger partial charge in [-0.15, -0.1) is 12.4 Å². The smallest absolute Gasteiger partial charge is 0.231 e. The Bertz CT molecular complexity index is 350. The van der Waals surface area contributed by atoms with Gasteiger partial charge in [0.25, 0.3) is 0 Å². The second-order valence-corrected chi connectivity index (χ2v) is 3.76. The topological polar surface area (TPSA) is 30.5 Å². The number of ether oxygens (including phenoxy) is 2. The van der Waals surface area contributed by atoms with E-state index in [4.69, 9.17) is 9.47 Å². The van der Waals surface area contributed by atoms with Crippen molar-refractivity contribution in [3.05, 3.63) is 23.8 Å². The number of halogens is 1. The quantitative estimate of drug-likeness (QED) is 0.799. The zero-order valence-corrected chi connectivity index (χ0v) is 9.18. The maximum Gasteiger partial charge on any atom is 0.231 e. The molecule has 3 nitrogen and oxygen atoms in total. The van der Waals surface area contributed by atoms with Crippen LogP contribution in [0.4, 0.5) is 0 Å². The van der Waals surface area contributed by atoms with Crippen LogP contribution < -0.4 is 14.8 Å². The third kappa shape index (κ3) is 1.90. The Hall–Kier alpha value is -0.930. The summed E-state index contributed by atoms with van der Waals surface area (Å²) in [5.41, 5.74) is 1.31. The third-order valence-corrected chi connectivity index (χ3v) is 2.86. The molecule has 0 aromatic heterocycles. The molecule has 0 spiro atoms. The average molecular weight is 228 g/mol. The van der Waals surface area contributed by atoms with E-state index < -0.39 is 0 Å². The normalized spacial score (nSPS) is 22.5. The van der Waals surface area contributed by atoms with E-state index in [0.29, 0.717) is 12.8 Å². The molecule has 15 heavy (non-hydrogen) atoms. The number of hydrogen-bond acceptors (Lipinski definition) is 3. The van der Waals surface area contributed by atoms with Crippen molar-refractivity contribution in [1.82, 2.24) is 5.32 Å². The highest BCUT2D eigenvalue weighted by molar-refractivity contribution is 5.85. The number of fused-ring (bicyclic) bond motifs is 1. The summed E-state index contributed by atoms with van der Waals surface area (Å²) in [6.07, 6.45) is 2.48. The lowest BCUT2D eigenvalue weighted by molar-refractivity contribution is 0.174. The Morgan fingerprint density at radius 3 is 2.87 bits per heavy atom. The molecule has 0 radical (unpaired) electrons. The summed E-state index contributed by atoms with van der Waals surface area (Å²) in [6.45, 7) is 1.48. The van der Waals surface area contributed by atoms with Gasteiger partial charge in [-0.1, -0.05) is 6.07 Å². The zero-order valence-electron chi connectivity index (χ0n) is 8.36. The molecule has 1 N–H and O–H groups in total. The number of rotatable bonds is 1. The van der Waals surface area contributed by atoms with E-state index in [0.717, 1.165) is 18.0 Å². The van der Waals surface area contributed by atoms with Crippen LogP contribution in [-0.2, 0) is 0 Å². The highest BCUT2D eigenvalue weighted by atomic mass is 35.5. The molecule has 1 fully saturated rings. The number of benzene rings is 1. The van der Waals surface area contributed by atoms with Crippen LogP contribution in [0.3, 0.4) is 0 Å². The van der Waals surface area contributed by atoms with Crippen molar-refractivity contribution in [2.75, 3.05) is 13.3 Å². The van der Waals surface area contributed by atoms with Crippen molar-refractivity contribution in [3.8, 4) is 11.5 Å². The highest BCUT2D eigenvalue weighted by Gasteiger charge is 2.19. The molecule has 4 heteroatoms. The van der Waals surface area contributed by atoms with Crippen LogP contribution >= 0.6 is 12.4 Å². The fourth-order valence-corrected chi connectivity index (χ4v) is 2.10. The zero-order chi connectivity index (χ0) is 9.38. The molecule has 0 bridgehead atoms. The Balaban J connectivity index is 0.000000853. The molecule has 1 aromatic carbocycles. The fourth-order valence-electron chi connectivity index (χ4n) is 2.10. The summed E-state index contributed by atoms with van der Waals surface area (Å²) >= 11 is 0. The van der Waals surface area contributed by atoms with E-state index in [9.17, 15) is 0 Å². The Morgan fingerprint density at radius 1 is 1.20 bits per heavy atom. The predicted molar refractivity (Wildman–Crippen MR) is 59.8 cm³/mol. The minimum Gasteiger partial charge on any atom is -0.454 e. The lowest BCUT2D eigenvalue weighted by Gasteiger charge is -2.10. The van der Waals surface area contributed by atoms with Crippen LogP contribution in [0.25, 0.3) is 0 Å². The maximum atomic E-state index is 5.35. The second-order valence-electron chi connectivity index (χ2n) is 3.76. The van der Waals surface area contributed by atoms with Crippen LogP contribution in [-0.4, -0.2) is 13.3 Å². The summed E-state index contributed by atoms with van der Waals surface area (Å²) < 4.78 is 10.6. The van der Waals surface area contributed by atoms with Crippen molar-refractivity contribution in [2.45, 2.75) is 18.9 Å². The Kier molecular flexibility index (Phi) is 3.03. The molecular weight excluding hydrogens is 214 g/mol. The standard InChI is InChI=1S/C11H13NO2.ClH/c1-2-9(12-5-1)8-3-4-10-11(6-8)14-7-13-10;/h3-4,6,9,12H,1-2,5,7H2;1H/t9-;/m1./s1. The van der Waals surface area contributed by atoms with Crippen molar-refractivity contribution in [3.63, 3.8) is 0 Å². The van der Waals surface area contributed by atoms with E-state index in [-0.39, 0.29) is 12.4 Å². The molecule has 1 saturated heterocycles. The lowest BCUT2D eigenvalue weighted by atomic mass is 10.1. The van der Waals surface area contributed by atoms with Gasteiger partial charge in [0, 0.05) is 6.04 Å². The molecule has 1 aromatic rings. The van der Waals surface area contributed by atoms with Crippen molar-refractivity contribution >= 4 is 12.4 Å². The minimum absolute atomic E-state index is 0. The monoisotopic (exact) mass is 227 g/mol. The molecule has 82 valence electrons. The van der Waals surface area contributed by atoms with Crippen LogP contribution in [0.5, 0.6) is 11.5 Å². The summed E-state index contributed by atoms with van der Waals surface area (Å²) in [5.74, 6) is 1.75. The van der Waals surface area contributed by atoms with E-state index >= 15 is 0 Å². The van der Waals surface area contributed by atoms with Gasteiger partial charge in [0.05, 0.1) is 0 Å². The molecule has 2 aliphatic rings. The molecule has 2 aliphatic heterocycles. The highest BCUT2D eigenvalue weighted by Crippen LogP contribution is 2.35. The first kappa shape index (κ1) is 10.6. The van der Waals surface area contributed by atoms with Gasteiger partial charge in [0.2, 0.25) is 6.79 Å². The van der Waals surface area contributed by atoms with Gasteiger partial charge < -0.3 is 14.8 Å². The maximum absolute atomic E-state index is 5.35. The largest absolute Gasteiger partial charge is 0.454 e. The second kappa shape index (κ2) is 4.29. The third-order valence-electron chi connectivity index (χ3n) is 2.86. The van der Waals surface area contributed by atoms with Crippen molar-refractivity contribution in [1.29, 1.82) is 0 Å². The number of hydrogen-bond donors (Lipinski definition) is 1. The average Bonchev–Trinajstić information content (AvgIpc) is 2.88. The van der Waals surface area contributed by atoms with E-state index in [2.05, 4.69) is 17.4 Å². The molecule has 0 aliphatic carbocycles. The van der Waals surface area contributed by atoms with Crippen LogP contribution in [0.2, 0.25) is 0 Å². The van der Waals surface area contributed by atoms with Gasteiger partial charge in [0.15, 0.2) is 11.5 Å². The summed E-state index contributed by atoms with van der Waals surface area (Å²) in [5, 5.41) is 3.47. The molecule has 0 unspecified atom stereocenters. The Morgan fingerprint density at radius 2 is 2.07 bits per heavy atom. The van der Waals surface area contributed by atoms with Crippen molar-refractivity contribution in [2.24, 2.45) is 0 Å². The van der Waals surface area contributed by atoms with E-state index in [1.165, 1.54) is 18.4 Å².